The van der Waals surface area contributed by atoms with Crippen molar-refractivity contribution < 1.29 is 13.9 Å². The van der Waals surface area contributed by atoms with Crippen molar-refractivity contribution in [3.63, 3.8) is 0 Å². The van der Waals surface area contributed by atoms with E-state index < -0.39 is 0 Å². The molecule has 33 heavy (non-hydrogen) atoms. The molecule has 0 radical (unpaired) electrons. The van der Waals surface area contributed by atoms with Crippen LogP contribution in [0.15, 0.2) is 89.5 Å². The Morgan fingerprint density at radius 3 is 2.36 bits per heavy atom. The Bertz CT molecular complexity index is 1240. The van der Waals surface area contributed by atoms with Crippen molar-refractivity contribution in [2.45, 2.75) is 20.4 Å². The van der Waals surface area contributed by atoms with Crippen LogP contribution in [0, 0.1) is 13.8 Å². The Morgan fingerprint density at radius 2 is 1.70 bits per heavy atom. The van der Waals surface area contributed by atoms with E-state index in [2.05, 4.69) is 38.1 Å². The summed E-state index contributed by atoms with van der Waals surface area (Å²) in [4.78, 5) is 15.1. The van der Waals surface area contributed by atoms with Gasteiger partial charge in [0.25, 0.3) is 5.91 Å². The molecule has 4 heteroatoms. The summed E-state index contributed by atoms with van der Waals surface area (Å²) in [6.07, 6.45) is 5.71. The van der Waals surface area contributed by atoms with Gasteiger partial charge in [-0.05, 0) is 72.5 Å². The molecule has 1 amide bonds. The zero-order chi connectivity index (χ0) is 23.2. The standard InChI is InChI=1S/C29H27NO3/c1-21-18-22(2)27(24(19-21)14-11-23-12-15-26(32-3)16-13-23)20-30(25-8-5-4-6-9-25)29(31)28-10-7-17-33-28/h4-19H,20H2,1-3H3. The number of rotatable bonds is 7. The number of methoxy groups -OCH3 is 1. The first-order chi connectivity index (χ1) is 16.0. The summed E-state index contributed by atoms with van der Waals surface area (Å²) in [5.74, 6) is 0.976. The molecule has 166 valence electrons. The van der Waals surface area contributed by atoms with Crippen molar-refractivity contribution in [1.82, 2.24) is 0 Å². The molecule has 3 aromatic carbocycles. The molecule has 0 saturated carbocycles. The number of hydrogen-bond acceptors (Lipinski definition) is 3. The molecule has 1 heterocycles. The predicted molar refractivity (Wildman–Crippen MR) is 134 cm³/mol. The molecular formula is C29H27NO3. The van der Waals surface area contributed by atoms with E-state index in [4.69, 9.17) is 9.15 Å². The second-order valence-electron chi connectivity index (χ2n) is 7.96. The summed E-state index contributed by atoms with van der Waals surface area (Å²) in [6, 6.07) is 25.4. The quantitative estimate of drug-likeness (QED) is 0.295. The van der Waals surface area contributed by atoms with Crippen LogP contribution in [0.1, 0.15) is 38.4 Å². The summed E-state index contributed by atoms with van der Waals surface area (Å²) in [5.41, 5.74) is 6.38. The van der Waals surface area contributed by atoms with Crippen LogP contribution < -0.4 is 9.64 Å². The summed E-state index contributed by atoms with van der Waals surface area (Å²) in [7, 11) is 1.66. The largest absolute Gasteiger partial charge is 0.497 e. The van der Waals surface area contributed by atoms with Crippen molar-refractivity contribution in [2.75, 3.05) is 12.0 Å². The van der Waals surface area contributed by atoms with Gasteiger partial charge in [-0.2, -0.15) is 0 Å². The minimum Gasteiger partial charge on any atom is -0.497 e. The first-order valence-electron chi connectivity index (χ1n) is 10.9. The maximum absolute atomic E-state index is 13.3. The fourth-order valence-corrected chi connectivity index (χ4v) is 3.88. The van der Waals surface area contributed by atoms with E-state index >= 15 is 0 Å². The molecule has 0 spiro atoms. The number of nitrogens with zero attached hydrogens (tertiary/aromatic N) is 1. The van der Waals surface area contributed by atoms with E-state index in [1.54, 1.807) is 24.1 Å². The van der Waals surface area contributed by atoms with Crippen LogP contribution in [0.3, 0.4) is 0 Å². The van der Waals surface area contributed by atoms with Crippen molar-refractivity contribution in [3.8, 4) is 5.75 Å². The number of para-hydroxylation sites is 1. The second-order valence-corrected chi connectivity index (χ2v) is 7.96. The van der Waals surface area contributed by atoms with Gasteiger partial charge in [0.05, 0.1) is 19.9 Å². The lowest BCUT2D eigenvalue weighted by Crippen LogP contribution is -2.30. The Labute approximate surface area is 194 Å². The number of carbonyl (C=O) groups is 1. The monoisotopic (exact) mass is 437 g/mol. The number of benzene rings is 3. The fraction of sp³-hybridized carbons (Fsp3) is 0.138. The molecule has 4 aromatic rings. The van der Waals surface area contributed by atoms with Crippen LogP contribution in [0.25, 0.3) is 12.2 Å². The van der Waals surface area contributed by atoms with Gasteiger partial charge >= 0.3 is 0 Å². The molecular weight excluding hydrogens is 410 g/mol. The highest BCUT2D eigenvalue weighted by Gasteiger charge is 2.22. The van der Waals surface area contributed by atoms with Crippen LogP contribution in [-0.4, -0.2) is 13.0 Å². The van der Waals surface area contributed by atoms with Gasteiger partial charge < -0.3 is 14.1 Å². The molecule has 0 saturated heterocycles. The third kappa shape index (κ3) is 5.24. The van der Waals surface area contributed by atoms with Gasteiger partial charge in [-0.15, -0.1) is 0 Å². The summed E-state index contributed by atoms with van der Waals surface area (Å²) < 4.78 is 10.7. The molecule has 4 nitrogen and oxygen atoms in total. The number of anilines is 1. The number of furan rings is 1. The Morgan fingerprint density at radius 1 is 0.939 bits per heavy atom. The highest BCUT2D eigenvalue weighted by atomic mass is 16.5. The molecule has 0 aliphatic carbocycles. The van der Waals surface area contributed by atoms with E-state index in [-0.39, 0.29) is 5.91 Å². The van der Waals surface area contributed by atoms with Crippen LogP contribution >= 0.6 is 0 Å². The number of carbonyl (C=O) groups excluding carboxylic acids is 1. The summed E-state index contributed by atoms with van der Waals surface area (Å²) in [6.45, 7) is 4.61. The van der Waals surface area contributed by atoms with Gasteiger partial charge in [-0.3, -0.25) is 4.79 Å². The molecule has 0 fully saturated rings. The molecule has 1 aromatic heterocycles. The molecule has 0 N–H and O–H groups in total. The van der Waals surface area contributed by atoms with Gasteiger partial charge in [-0.25, -0.2) is 0 Å². The Hall–Kier alpha value is -4.05. The number of amides is 1. The highest BCUT2D eigenvalue weighted by Crippen LogP contribution is 2.26. The normalized spacial score (nSPS) is 11.0. The number of aryl methyl sites for hydroxylation is 2. The molecule has 0 aliphatic heterocycles. The minimum atomic E-state index is -0.170. The van der Waals surface area contributed by atoms with E-state index in [0.29, 0.717) is 12.3 Å². The molecule has 4 rings (SSSR count). The lowest BCUT2D eigenvalue weighted by atomic mass is 9.97. The fourth-order valence-electron chi connectivity index (χ4n) is 3.88. The van der Waals surface area contributed by atoms with E-state index in [1.807, 2.05) is 54.6 Å². The van der Waals surface area contributed by atoms with Gasteiger partial charge in [0.2, 0.25) is 0 Å². The van der Waals surface area contributed by atoms with Gasteiger partial charge in [-0.1, -0.05) is 60.2 Å². The average Bonchev–Trinajstić information content (AvgIpc) is 3.38. The number of ether oxygens (including phenoxy) is 1. The highest BCUT2D eigenvalue weighted by molar-refractivity contribution is 6.04. The van der Waals surface area contributed by atoms with E-state index in [0.717, 1.165) is 33.7 Å². The van der Waals surface area contributed by atoms with Crippen LogP contribution in [-0.2, 0) is 6.54 Å². The second kappa shape index (κ2) is 10.0. The third-order valence-corrected chi connectivity index (χ3v) is 5.58. The minimum absolute atomic E-state index is 0.170. The van der Waals surface area contributed by atoms with E-state index in [1.165, 1.54) is 11.8 Å². The van der Waals surface area contributed by atoms with Crippen molar-refractivity contribution >= 4 is 23.7 Å². The Balaban J connectivity index is 1.71. The topological polar surface area (TPSA) is 42.7 Å². The van der Waals surface area contributed by atoms with Gasteiger partial charge in [0.1, 0.15) is 5.75 Å². The van der Waals surface area contributed by atoms with Crippen molar-refractivity contribution in [3.05, 3.63) is 119 Å². The summed E-state index contributed by atoms with van der Waals surface area (Å²) in [5, 5.41) is 0. The average molecular weight is 438 g/mol. The van der Waals surface area contributed by atoms with Crippen LogP contribution in [0.4, 0.5) is 5.69 Å². The maximum atomic E-state index is 13.3. The van der Waals surface area contributed by atoms with Gasteiger partial charge in [0.15, 0.2) is 5.76 Å². The SMILES string of the molecule is COc1ccc(C=Cc2cc(C)cc(C)c2CN(C(=O)c2ccco2)c2ccccc2)cc1. The predicted octanol–water partition coefficient (Wildman–Crippen LogP) is 6.92. The first kappa shape index (κ1) is 22.2. The zero-order valence-corrected chi connectivity index (χ0v) is 19.1. The van der Waals surface area contributed by atoms with Crippen LogP contribution in [0.5, 0.6) is 5.75 Å². The zero-order valence-electron chi connectivity index (χ0n) is 19.1. The van der Waals surface area contributed by atoms with Gasteiger partial charge in [0, 0.05) is 5.69 Å². The van der Waals surface area contributed by atoms with E-state index in [9.17, 15) is 4.79 Å². The maximum Gasteiger partial charge on any atom is 0.294 e. The molecule has 0 bridgehead atoms. The molecule has 0 unspecified atom stereocenters. The number of hydrogen-bond donors (Lipinski definition) is 0. The van der Waals surface area contributed by atoms with Crippen molar-refractivity contribution in [2.24, 2.45) is 0 Å². The van der Waals surface area contributed by atoms with Crippen LogP contribution in [0.2, 0.25) is 0 Å². The molecule has 0 atom stereocenters. The first-order valence-corrected chi connectivity index (χ1v) is 10.9. The smallest absolute Gasteiger partial charge is 0.294 e. The lowest BCUT2D eigenvalue weighted by molar-refractivity contribution is 0.0958. The summed E-state index contributed by atoms with van der Waals surface area (Å²) >= 11 is 0. The lowest BCUT2D eigenvalue weighted by Gasteiger charge is -2.24. The third-order valence-electron chi connectivity index (χ3n) is 5.58. The molecule has 0 aliphatic rings. The van der Waals surface area contributed by atoms with Crippen molar-refractivity contribution in [1.29, 1.82) is 0 Å². The Kier molecular flexibility index (Phi) is 6.75.